The summed E-state index contributed by atoms with van der Waals surface area (Å²) in [6.45, 7) is 0.246. The lowest BCUT2D eigenvalue weighted by molar-refractivity contribution is -0.136. The number of benzene rings is 3. The second-order valence-electron chi connectivity index (χ2n) is 7.00. The van der Waals surface area contributed by atoms with Gasteiger partial charge in [-0.1, -0.05) is 24.3 Å². The number of hydrogen-bond donors (Lipinski definition) is 2. The first-order valence-electron chi connectivity index (χ1n) is 9.52. The number of H-pyrrole nitrogens is 1. The quantitative estimate of drug-likeness (QED) is 0.422. The van der Waals surface area contributed by atoms with Gasteiger partial charge in [0.2, 0.25) is 0 Å². The van der Waals surface area contributed by atoms with Crippen molar-refractivity contribution in [2.75, 3.05) is 7.11 Å². The highest BCUT2D eigenvalue weighted by Gasteiger charge is 2.14. The fourth-order valence-corrected chi connectivity index (χ4v) is 3.57. The summed E-state index contributed by atoms with van der Waals surface area (Å²) in [6, 6.07) is 14.7. The lowest BCUT2D eigenvalue weighted by atomic mass is 10.0. The minimum absolute atomic E-state index is 0.0816. The molecule has 4 rings (SSSR count). The molecule has 0 radical (unpaired) electrons. The molecule has 0 aliphatic carbocycles. The zero-order valence-corrected chi connectivity index (χ0v) is 16.6. The van der Waals surface area contributed by atoms with E-state index in [-0.39, 0.29) is 18.8 Å². The average molecular weight is 423 g/mol. The summed E-state index contributed by atoms with van der Waals surface area (Å²) < 4.78 is 38.2. The van der Waals surface area contributed by atoms with E-state index in [0.717, 1.165) is 28.6 Å². The van der Waals surface area contributed by atoms with E-state index in [1.807, 2.05) is 18.2 Å². The number of aromatic nitrogens is 1. The normalized spacial score (nSPS) is 10.9. The monoisotopic (exact) mass is 423 g/mol. The predicted molar refractivity (Wildman–Crippen MR) is 112 cm³/mol. The highest BCUT2D eigenvalue weighted by molar-refractivity contribution is 5.89. The number of carboxylic acid groups (broad SMARTS) is 1. The Hall–Kier alpha value is -3.87. The second-order valence-corrected chi connectivity index (χ2v) is 7.00. The first-order chi connectivity index (χ1) is 15.0. The smallest absolute Gasteiger partial charge is 0.307 e. The highest BCUT2D eigenvalue weighted by atomic mass is 19.2. The van der Waals surface area contributed by atoms with Crippen LogP contribution in [0.3, 0.4) is 0 Å². The van der Waals surface area contributed by atoms with Crippen LogP contribution in [0, 0.1) is 11.6 Å². The van der Waals surface area contributed by atoms with Crippen LogP contribution >= 0.6 is 0 Å². The van der Waals surface area contributed by atoms with E-state index in [2.05, 4.69) is 4.98 Å². The fraction of sp³-hybridized carbons (Fsp3) is 0.125. The topological polar surface area (TPSA) is 71.5 Å². The van der Waals surface area contributed by atoms with Crippen molar-refractivity contribution in [2.45, 2.75) is 13.0 Å². The van der Waals surface area contributed by atoms with Gasteiger partial charge in [-0.2, -0.15) is 0 Å². The number of halogens is 2. The summed E-state index contributed by atoms with van der Waals surface area (Å²) in [5, 5.41) is 9.98. The molecule has 0 spiro atoms. The Labute approximate surface area is 176 Å². The molecule has 0 aliphatic heterocycles. The summed E-state index contributed by atoms with van der Waals surface area (Å²) in [5.74, 6) is -2.01. The van der Waals surface area contributed by atoms with Gasteiger partial charge in [-0.25, -0.2) is 8.78 Å². The molecule has 0 aliphatic rings. The van der Waals surface area contributed by atoms with Crippen LogP contribution in [0.5, 0.6) is 11.5 Å². The maximum atomic E-state index is 13.7. The van der Waals surface area contributed by atoms with Gasteiger partial charge in [0, 0.05) is 28.7 Å². The lowest BCUT2D eigenvalue weighted by Gasteiger charge is -2.12. The number of hydrogen-bond acceptors (Lipinski definition) is 3. The molecule has 3 aromatic carbocycles. The summed E-state index contributed by atoms with van der Waals surface area (Å²) >= 11 is 0. The Balaban J connectivity index is 1.56. The molecule has 0 saturated carbocycles. The van der Waals surface area contributed by atoms with E-state index in [0.29, 0.717) is 22.4 Å². The first kappa shape index (κ1) is 20.4. The molecule has 0 fully saturated rings. The Morgan fingerprint density at radius 3 is 2.48 bits per heavy atom. The maximum Gasteiger partial charge on any atom is 0.307 e. The molecule has 0 bridgehead atoms. The van der Waals surface area contributed by atoms with Gasteiger partial charge in [0.15, 0.2) is 11.6 Å². The van der Waals surface area contributed by atoms with Crippen LogP contribution in [0.1, 0.15) is 11.1 Å². The standard InChI is InChI=1S/C24H19F2NO4/c1-30-22-11-20(26)19(25)10-18(22)14-5-7-17(8-6-14)31-13-15-3-2-4-21-24(15)16(12-27-21)9-23(28)29/h2-8,10-12,27H,9,13H2,1H3,(H,28,29). The molecule has 0 atom stereocenters. The SMILES string of the molecule is COc1cc(F)c(F)cc1-c1ccc(OCc2cccc3[nH]cc(CC(=O)O)c23)cc1. The van der Waals surface area contributed by atoms with E-state index in [1.165, 1.54) is 7.11 Å². The molecule has 5 nitrogen and oxygen atoms in total. The number of carbonyl (C=O) groups is 1. The molecular weight excluding hydrogens is 404 g/mol. The Morgan fingerprint density at radius 2 is 1.77 bits per heavy atom. The minimum atomic E-state index is -0.971. The number of ether oxygens (including phenoxy) is 2. The van der Waals surface area contributed by atoms with Crippen LogP contribution in [0.25, 0.3) is 22.0 Å². The zero-order valence-electron chi connectivity index (χ0n) is 16.6. The van der Waals surface area contributed by atoms with Crippen LogP contribution in [0.2, 0.25) is 0 Å². The van der Waals surface area contributed by atoms with Crippen molar-refractivity contribution in [3.63, 3.8) is 0 Å². The van der Waals surface area contributed by atoms with Crippen molar-refractivity contribution in [3.8, 4) is 22.6 Å². The fourth-order valence-electron chi connectivity index (χ4n) is 3.57. The largest absolute Gasteiger partial charge is 0.496 e. The van der Waals surface area contributed by atoms with E-state index >= 15 is 0 Å². The van der Waals surface area contributed by atoms with E-state index in [1.54, 1.807) is 30.5 Å². The molecule has 31 heavy (non-hydrogen) atoms. The van der Waals surface area contributed by atoms with Gasteiger partial charge in [0.25, 0.3) is 0 Å². The van der Waals surface area contributed by atoms with Gasteiger partial charge in [-0.05, 0) is 41.0 Å². The van der Waals surface area contributed by atoms with Gasteiger partial charge in [0.05, 0.1) is 13.5 Å². The Kier molecular flexibility index (Phi) is 5.58. The molecular formula is C24H19F2NO4. The van der Waals surface area contributed by atoms with E-state index in [4.69, 9.17) is 14.6 Å². The third kappa shape index (κ3) is 4.21. The highest BCUT2D eigenvalue weighted by Crippen LogP contribution is 2.33. The van der Waals surface area contributed by atoms with Gasteiger partial charge in [0.1, 0.15) is 18.1 Å². The molecule has 158 valence electrons. The molecule has 1 aromatic heterocycles. The number of methoxy groups -OCH3 is 1. The van der Waals surface area contributed by atoms with Crippen molar-refractivity contribution in [2.24, 2.45) is 0 Å². The summed E-state index contributed by atoms with van der Waals surface area (Å²) in [7, 11) is 1.40. The van der Waals surface area contributed by atoms with Crippen LogP contribution < -0.4 is 9.47 Å². The third-order valence-electron chi connectivity index (χ3n) is 5.02. The van der Waals surface area contributed by atoms with E-state index in [9.17, 15) is 13.6 Å². The van der Waals surface area contributed by atoms with Crippen molar-refractivity contribution in [1.29, 1.82) is 0 Å². The number of fused-ring (bicyclic) bond motifs is 1. The number of rotatable bonds is 7. The van der Waals surface area contributed by atoms with Crippen LogP contribution in [0.4, 0.5) is 8.78 Å². The van der Waals surface area contributed by atoms with Gasteiger partial charge < -0.3 is 19.6 Å². The van der Waals surface area contributed by atoms with Crippen molar-refractivity contribution < 1.29 is 28.2 Å². The molecule has 0 unspecified atom stereocenters. The van der Waals surface area contributed by atoms with Crippen LogP contribution in [0.15, 0.2) is 60.8 Å². The van der Waals surface area contributed by atoms with E-state index < -0.39 is 17.6 Å². The summed E-state index contributed by atoms with van der Waals surface area (Å²) in [5.41, 5.74) is 3.49. The molecule has 4 aromatic rings. The molecule has 0 amide bonds. The Morgan fingerprint density at radius 1 is 1.03 bits per heavy atom. The van der Waals surface area contributed by atoms with Crippen molar-refractivity contribution >= 4 is 16.9 Å². The lowest BCUT2D eigenvalue weighted by Crippen LogP contribution is -2.01. The van der Waals surface area contributed by atoms with Gasteiger partial charge in [-0.3, -0.25) is 4.79 Å². The van der Waals surface area contributed by atoms with Gasteiger partial charge >= 0.3 is 5.97 Å². The number of nitrogens with one attached hydrogen (secondary N) is 1. The average Bonchev–Trinajstić information content (AvgIpc) is 3.17. The summed E-state index contributed by atoms with van der Waals surface area (Å²) in [6.07, 6.45) is 1.62. The molecule has 0 saturated heterocycles. The number of aromatic amines is 1. The number of carboxylic acids is 1. The maximum absolute atomic E-state index is 13.7. The van der Waals surface area contributed by atoms with Crippen molar-refractivity contribution in [1.82, 2.24) is 4.98 Å². The predicted octanol–water partition coefficient (Wildman–Crippen LogP) is 5.33. The third-order valence-corrected chi connectivity index (χ3v) is 5.02. The second kappa shape index (κ2) is 8.47. The van der Waals surface area contributed by atoms with Gasteiger partial charge in [-0.15, -0.1) is 0 Å². The number of aliphatic carboxylic acids is 1. The first-order valence-corrected chi connectivity index (χ1v) is 9.52. The van der Waals surface area contributed by atoms with Crippen molar-refractivity contribution in [3.05, 3.63) is 83.6 Å². The van der Waals surface area contributed by atoms with Crippen LogP contribution in [-0.2, 0) is 17.8 Å². The summed E-state index contributed by atoms with van der Waals surface area (Å²) in [4.78, 5) is 14.2. The molecule has 2 N–H and O–H groups in total. The molecule has 7 heteroatoms. The molecule has 1 heterocycles. The Bertz CT molecular complexity index is 1250. The van der Waals surface area contributed by atoms with Crippen LogP contribution in [-0.4, -0.2) is 23.2 Å². The zero-order chi connectivity index (χ0) is 22.0. The minimum Gasteiger partial charge on any atom is -0.496 e.